The summed E-state index contributed by atoms with van der Waals surface area (Å²) in [5.74, 6) is 0.848. The van der Waals surface area contributed by atoms with Crippen molar-refractivity contribution in [2.75, 3.05) is 18.1 Å². The highest BCUT2D eigenvalue weighted by Gasteiger charge is 2.50. The molecule has 2 aromatic rings. The number of alkyl halides is 1. The maximum Gasteiger partial charge on any atom is 0.367 e. The van der Waals surface area contributed by atoms with E-state index in [0.29, 0.717) is 22.6 Å². The number of hydrogen-bond acceptors (Lipinski definition) is 8. The van der Waals surface area contributed by atoms with Crippen molar-refractivity contribution < 1.29 is 23.1 Å². The van der Waals surface area contributed by atoms with Gasteiger partial charge in [-0.1, -0.05) is 27.7 Å². The lowest BCUT2D eigenvalue weighted by atomic mass is 10.1. The van der Waals surface area contributed by atoms with Crippen molar-refractivity contribution in [2.24, 2.45) is 0 Å². The van der Waals surface area contributed by atoms with Crippen LogP contribution in [0.3, 0.4) is 0 Å². The van der Waals surface area contributed by atoms with E-state index in [0.717, 1.165) is 15.3 Å². The second-order valence-electron chi connectivity index (χ2n) is 9.19. The minimum atomic E-state index is -2.12. The van der Waals surface area contributed by atoms with Crippen LogP contribution in [0.5, 0.6) is 0 Å². The summed E-state index contributed by atoms with van der Waals surface area (Å²) in [6.45, 7) is 12.6. The summed E-state index contributed by atoms with van der Waals surface area (Å²) in [4.78, 5) is 20.5. The first-order valence-corrected chi connectivity index (χ1v) is 15.4. The van der Waals surface area contributed by atoms with Gasteiger partial charge in [0.05, 0.1) is 12.0 Å². The zero-order valence-corrected chi connectivity index (χ0v) is 23.1. The molecule has 178 valence electrons. The van der Waals surface area contributed by atoms with E-state index < -0.39 is 38.2 Å². The molecule has 0 aromatic carbocycles. The van der Waals surface area contributed by atoms with Crippen LogP contribution in [0.4, 0.5) is 15.0 Å². The van der Waals surface area contributed by atoms with Crippen molar-refractivity contribution in [3.8, 4) is 0 Å². The van der Waals surface area contributed by atoms with Crippen LogP contribution >= 0.6 is 34.4 Å². The highest BCUT2D eigenvalue weighted by molar-refractivity contribution is 14.1. The molecule has 0 saturated carbocycles. The molecule has 1 aliphatic heterocycles. The van der Waals surface area contributed by atoms with Crippen LogP contribution in [0.15, 0.2) is 12.5 Å². The Morgan fingerprint density at radius 3 is 2.72 bits per heavy atom. The van der Waals surface area contributed by atoms with Crippen LogP contribution in [-0.4, -0.2) is 58.9 Å². The largest absolute Gasteiger partial charge is 0.448 e. The maximum atomic E-state index is 15.7. The van der Waals surface area contributed by atoms with E-state index in [2.05, 4.69) is 66.4 Å². The molecule has 1 fully saturated rings. The molecular formula is C20H30FIN4O4SSi. The second kappa shape index (κ2) is 9.72. The molecule has 0 radical (unpaired) electrons. The Hall–Kier alpha value is -0.963. The Labute approximate surface area is 206 Å². The van der Waals surface area contributed by atoms with Crippen LogP contribution < -0.4 is 5.73 Å². The summed E-state index contributed by atoms with van der Waals surface area (Å²) in [6, 6.07) is 0. The fourth-order valence-corrected chi connectivity index (χ4v) is 5.47. The summed E-state index contributed by atoms with van der Waals surface area (Å²) in [7, 11) is -2.12. The number of ether oxygens (including phenoxy) is 2. The van der Waals surface area contributed by atoms with E-state index in [-0.39, 0.29) is 11.6 Å². The highest BCUT2D eigenvalue weighted by Crippen LogP contribution is 2.41. The molecular weight excluding hydrogens is 566 g/mol. The first-order valence-electron chi connectivity index (χ1n) is 10.4. The fraction of sp³-hybridized carbons (Fsp3) is 0.650. The first kappa shape index (κ1) is 25.7. The van der Waals surface area contributed by atoms with Crippen molar-refractivity contribution in [2.45, 2.75) is 70.4 Å². The van der Waals surface area contributed by atoms with Gasteiger partial charge in [-0.3, -0.25) is 0 Å². The van der Waals surface area contributed by atoms with E-state index >= 15 is 4.39 Å². The summed E-state index contributed by atoms with van der Waals surface area (Å²) >= 11 is 3.10. The molecule has 3 heterocycles. The van der Waals surface area contributed by atoms with Gasteiger partial charge in [-0.15, -0.1) is 0 Å². The highest BCUT2D eigenvalue weighted by atomic mass is 127. The van der Waals surface area contributed by atoms with Crippen LogP contribution in [0.1, 0.15) is 33.9 Å². The van der Waals surface area contributed by atoms with E-state index in [1.165, 1.54) is 6.33 Å². The lowest BCUT2D eigenvalue weighted by Crippen LogP contribution is -2.45. The number of rotatable bonds is 6. The predicted octanol–water partition coefficient (Wildman–Crippen LogP) is 5.13. The quantitative estimate of drug-likeness (QED) is 0.278. The third-order valence-corrected chi connectivity index (χ3v) is 12.0. The Bertz CT molecular complexity index is 986. The number of carbonyl (C=O) groups excluding carboxylic acids is 1. The molecule has 0 amide bonds. The number of hydrogen-bond donors (Lipinski definition) is 1. The molecule has 0 spiro atoms. The minimum absolute atomic E-state index is 0.0223. The molecule has 2 aromatic heterocycles. The number of nitrogens with zero attached hydrogens (tertiary/aromatic N) is 3. The Kier molecular flexibility index (Phi) is 7.80. The molecule has 8 nitrogen and oxygen atoms in total. The average molecular weight is 597 g/mol. The minimum Gasteiger partial charge on any atom is -0.448 e. The zero-order valence-electron chi connectivity index (χ0n) is 19.1. The topological polar surface area (TPSA) is 101 Å². The summed E-state index contributed by atoms with van der Waals surface area (Å²) in [6.07, 6.45) is -1.42. The maximum absolute atomic E-state index is 15.7. The molecule has 0 aliphatic carbocycles. The van der Waals surface area contributed by atoms with Crippen molar-refractivity contribution in [3.05, 3.63) is 16.1 Å². The third kappa shape index (κ3) is 5.08. The molecule has 4 atom stereocenters. The zero-order chi connectivity index (χ0) is 23.8. The number of anilines is 1. The van der Waals surface area contributed by atoms with Gasteiger partial charge in [0.1, 0.15) is 23.9 Å². The number of fused-ring (bicyclic) bond motifs is 1. The van der Waals surface area contributed by atoms with E-state index in [1.807, 2.05) is 6.92 Å². The number of halogens is 2. The number of carbonyl (C=O) groups is 1. The van der Waals surface area contributed by atoms with Crippen LogP contribution in [0, 0.1) is 3.57 Å². The summed E-state index contributed by atoms with van der Waals surface area (Å²) in [5.41, 5.74) is 6.47. The second-order valence-corrected chi connectivity index (χ2v) is 16.4. The molecule has 32 heavy (non-hydrogen) atoms. The standard InChI is InChI=1S/C20H30FIN4O4SSi/c1-7-31-19(27)30-15-12(9-28-32(5,6)20(2,3)4)29-18(14(15)21)26-8-11(22)13-16(23)24-10-25-17(13)26/h8,10,12,14-15,18H,7,9H2,1-6H3,(H2,23,24,25)/t12-,14+,15-,18-/m1/s1. The summed E-state index contributed by atoms with van der Waals surface area (Å²) in [5, 5.41) is 0.0890. The van der Waals surface area contributed by atoms with Gasteiger partial charge in [0.15, 0.2) is 26.8 Å². The summed E-state index contributed by atoms with van der Waals surface area (Å²) < 4.78 is 36.0. The fourth-order valence-electron chi connectivity index (χ4n) is 3.22. The Balaban J connectivity index is 1.91. The van der Waals surface area contributed by atoms with Crippen molar-refractivity contribution >= 4 is 64.8 Å². The molecule has 3 rings (SSSR count). The Morgan fingerprint density at radius 1 is 1.41 bits per heavy atom. The van der Waals surface area contributed by atoms with Gasteiger partial charge < -0.3 is 24.2 Å². The Morgan fingerprint density at radius 2 is 2.09 bits per heavy atom. The normalized spacial score (nSPS) is 24.2. The first-order chi connectivity index (χ1) is 14.9. The van der Waals surface area contributed by atoms with Gasteiger partial charge in [-0.2, -0.15) is 0 Å². The van der Waals surface area contributed by atoms with Gasteiger partial charge in [-0.25, -0.2) is 19.2 Å². The predicted molar refractivity (Wildman–Crippen MR) is 135 cm³/mol. The van der Waals surface area contributed by atoms with E-state index in [4.69, 9.17) is 19.6 Å². The molecule has 1 aliphatic rings. The molecule has 12 heteroatoms. The third-order valence-electron chi connectivity index (χ3n) is 6.04. The number of nitrogens with two attached hydrogens (primary N) is 1. The number of aromatic nitrogens is 3. The number of thioether (sulfide) groups is 1. The molecule has 2 N–H and O–H groups in total. The average Bonchev–Trinajstić information content (AvgIpc) is 3.18. The van der Waals surface area contributed by atoms with Crippen molar-refractivity contribution in [3.63, 3.8) is 0 Å². The van der Waals surface area contributed by atoms with Crippen molar-refractivity contribution in [1.29, 1.82) is 0 Å². The molecule has 1 saturated heterocycles. The molecule has 0 bridgehead atoms. The monoisotopic (exact) mass is 596 g/mol. The lowest BCUT2D eigenvalue weighted by Gasteiger charge is -2.37. The van der Waals surface area contributed by atoms with E-state index in [1.54, 1.807) is 10.8 Å². The molecule has 0 unspecified atom stereocenters. The van der Waals surface area contributed by atoms with Gasteiger partial charge in [0, 0.05) is 15.5 Å². The smallest absolute Gasteiger partial charge is 0.367 e. The van der Waals surface area contributed by atoms with Crippen LogP contribution in [0.25, 0.3) is 11.0 Å². The SMILES string of the molecule is CCSC(=O)O[C@H]1[C@H](F)[C@H](n2cc(I)c3c(N)ncnc32)O[C@@H]1CO[Si](C)(C)C(C)(C)C. The van der Waals surface area contributed by atoms with Crippen LogP contribution in [0.2, 0.25) is 18.1 Å². The van der Waals surface area contributed by atoms with Gasteiger partial charge in [-0.05, 0) is 52.5 Å². The van der Waals surface area contributed by atoms with Gasteiger partial charge in [0.2, 0.25) is 0 Å². The van der Waals surface area contributed by atoms with Gasteiger partial charge in [0.25, 0.3) is 0 Å². The number of nitrogen functional groups attached to an aromatic ring is 1. The van der Waals surface area contributed by atoms with E-state index in [9.17, 15) is 4.79 Å². The van der Waals surface area contributed by atoms with Crippen LogP contribution in [-0.2, 0) is 13.9 Å². The van der Waals surface area contributed by atoms with Gasteiger partial charge >= 0.3 is 5.30 Å². The van der Waals surface area contributed by atoms with Crippen molar-refractivity contribution in [1.82, 2.24) is 14.5 Å². The lowest BCUT2D eigenvalue weighted by molar-refractivity contribution is -0.0434.